The Kier molecular flexibility index (Phi) is 4.11. The van der Waals surface area contributed by atoms with Crippen molar-refractivity contribution in [1.82, 2.24) is 21.0 Å². The van der Waals surface area contributed by atoms with Gasteiger partial charge in [-0.15, -0.1) is 0 Å². The fourth-order valence-corrected chi connectivity index (χ4v) is 3.23. The lowest BCUT2D eigenvalue weighted by molar-refractivity contribution is 0.340. The van der Waals surface area contributed by atoms with Crippen LogP contribution >= 0.6 is 0 Å². The molecule has 1 fully saturated rings. The molecule has 1 saturated heterocycles. The molecule has 128 valence electrons. The van der Waals surface area contributed by atoms with Gasteiger partial charge in [0.2, 0.25) is 11.7 Å². The molecule has 2 atom stereocenters. The summed E-state index contributed by atoms with van der Waals surface area (Å²) in [6.45, 7) is 6.33. The molecule has 0 spiro atoms. The predicted octanol–water partition coefficient (Wildman–Crippen LogP) is 3.94. The molecule has 0 aliphatic carbocycles. The summed E-state index contributed by atoms with van der Waals surface area (Å²) in [5, 5.41) is 4.16. The van der Waals surface area contributed by atoms with Crippen molar-refractivity contribution in [2.75, 3.05) is 0 Å². The van der Waals surface area contributed by atoms with Gasteiger partial charge in [0.05, 0.1) is 0 Å². The number of hydrogen-bond acceptors (Lipinski definition) is 5. The zero-order valence-corrected chi connectivity index (χ0v) is 14.7. The maximum Gasteiger partial charge on any atom is 0.245 e. The van der Waals surface area contributed by atoms with Crippen molar-refractivity contribution in [2.45, 2.75) is 39.3 Å². The van der Waals surface area contributed by atoms with Crippen LogP contribution in [0.5, 0.6) is 0 Å². The minimum Gasteiger partial charge on any atom is -0.337 e. The Morgan fingerprint density at radius 3 is 2.52 bits per heavy atom. The van der Waals surface area contributed by atoms with E-state index in [-0.39, 0.29) is 12.1 Å². The largest absolute Gasteiger partial charge is 0.337 e. The van der Waals surface area contributed by atoms with Crippen molar-refractivity contribution in [1.29, 1.82) is 0 Å². The lowest BCUT2D eigenvalue weighted by Crippen LogP contribution is -2.26. The normalized spacial score (nSPS) is 20.1. The Balaban J connectivity index is 1.52. The van der Waals surface area contributed by atoms with Gasteiger partial charge in [0, 0.05) is 11.6 Å². The van der Waals surface area contributed by atoms with Gasteiger partial charge >= 0.3 is 0 Å². The van der Waals surface area contributed by atoms with Crippen molar-refractivity contribution in [3.05, 3.63) is 70.6 Å². The highest BCUT2D eigenvalue weighted by Crippen LogP contribution is 2.32. The first-order valence-corrected chi connectivity index (χ1v) is 8.59. The van der Waals surface area contributed by atoms with E-state index in [4.69, 9.17) is 4.52 Å². The lowest BCUT2D eigenvalue weighted by Gasteiger charge is -2.11. The van der Waals surface area contributed by atoms with Gasteiger partial charge < -0.3 is 4.52 Å². The van der Waals surface area contributed by atoms with E-state index in [1.54, 1.807) is 0 Å². The third kappa shape index (κ3) is 3.08. The summed E-state index contributed by atoms with van der Waals surface area (Å²) in [5.41, 5.74) is 12.7. The van der Waals surface area contributed by atoms with E-state index in [1.165, 1.54) is 16.7 Å². The average Bonchev–Trinajstić information content (AvgIpc) is 3.27. The molecule has 0 radical (unpaired) electrons. The van der Waals surface area contributed by atoms with Crippen molar-refractivity contribution < 1.29 is 4.52 Å². The van der Waals surface area contributed by atoms with E-state index < -0.39 is 0 Å². The number of hydrazine groups is 1. The third-order valence-corrected chi connectivity index (χ3v) is 4.96. The van der Waals surface area contributed by atoms with Crippen LogP contribution in [0.25, 0.3) is 11.4 Å². The zero-order chi connectivity index (χ0) is 17.4. The molecule has 1 aliphatic rings. The van der Waals surface area contributed by atoms with Gasteiger partial charge in [0.1, 0.15) is 6.04 Å². The second-order valence-corrected chi connectivity index (χ2v) is 6.74. The number of benzene rings is 2. The van der Waals surface area contributed by atoms with Crippen LogP contribution in [0.3, 0.4) is 0 Å². The minimum absolute atomic E-state index is 0.0110. The molecule has 2 unspecified atom stereocenters. The first kappa shape index (κ1) is 16.0. The quantitative estimate of drug-likeness (QED) is 0.759. The lowest BCUT2D eigenvalue weighted by atomic mass is 9.98. The topological polar surface area (TPSA) is 63.0 Å². The SMILES string of the molecule is Cc1ccc(C2CC(c3nc(-c4ccccc4C)no3)NN2)cc1C. The molecule has 25 heavy (non-hydrogen) atoms. The molecule has 5 nitrogen and oxygen atoms in total. The van der Waals surface area contributed by atoms with Crippen LogP contribution in [0.2, 0.25) is 0 Å². The Morgan fingerprint density at radius 2 is 1.72 bits per heavy atom. The van der Waals surface area contributed by atoms with E-state index in [2.05, 4.69) is 66.0 Å². The molecule has 0 amide bonds. The van der Waals surface area contributed by atoms with Crippen molar-refractivity contribution in [3.63, 3.8) is 0 Å². The van der Waals surface area contributed by atoms with Crippen LogP contribution < -0.4 is 10.9 Å². The number of hydrogen-bond donors (Lipinski definition) is 2. The fraction of sp³-hybridized carbons (Fsp3) is 0.300. The minimum atomic E-state index is 0.0110. The molecule has 5 heteroatoms. The Labute approximate surface area is 147 Å². The van der Waals surface area contributed by atoms with Crippen LogP contribution in [0.4, 0.5) is 0 Å². The van der Waals surface area contributed by atoms with E-state index in [0.29, 0.717) is 11.7 Å². The van der Waals surface area contributed by atoms with Gasteiger partial charge in [0.15, 0.2) is 0 Å². The number of nitrogens with zero attached hydrogens (tertiary/aromatic N) is 2. The molecule has 3 aromatic rings. The molecule has 1 aromatic heterocycles. The van der Waals surface area contributed by atoms with Crippen LogP contribution in [0, 0.1) is 20.8 Å². The van der Waals surface area contributed by atoms with Crippen LogP contribution in [-0.4, -0.2) is 10.1 Å². The van der Waals surface area contributed by atoms with E-state index in [9.17, 15) is 0 Å². The van der Waals surface area contributed by atoms with E-state index in [0.717, 1.165) is 17.5 Å². The Hall–Kier alpha value is -2.50. The zero-order valence-electron chi connectivity index (χ0n) is 14.7. The van der Waals surface area contributed by atoms with Crippen LogP contribution in [-0.2, 0) is 0 Å². The number of rotatable bonds is 3. The van der Waals surface area contributed by atoms with Crippen molar-refractivity contribution in [3.8, 4) is 11.4 Å². The van der Waals surface area contributed by atoms with Gasteiger partial charge in [0.25, 0.3) is 0 Å². The van der Waals surface area contributed by atoms with Gasteiger partial charge in [-0.25, -0.2) is 10.9 Å². The summed E-state index contributed by atoms with van der Waals surface area (Å²) in [4.78, 5) is 4.60. The fourth-order valence-electron chi connectivity index (χ4n) is 3.23. The Morgan fingerprint density at radius 1 is 0.920 bits per heavy atom. The second kappa shape index (κ2) is 6.43. The predicted molar refractivity (Wildman–Crippen MR) is 96.8 cm³/mol. The van der Waals surface area contributed by atoms with Crippen LogP contribution in [0.15, 0.2) is 47.0 Å². The third-order valence-electron chi connectivity index (χ3n) is 4.96. The summed E-state index contributed by atoms with van der Waals surface area (Å²) in [6.07, 6.45) is 0.873. The molecule has 4 rings (SSSR count). The summed E-state index contributed by atoms with van der Waals surface area (Å²) < 4.78 is 5.52. The first-order valence-electron chi connectivity index (χ1n) is 8.59. The summed E-state index contributed by atoms with van der Waals surface area (Å²) in [7, 11) is 0. The average molecular weight is 334 g/mol. The van der Waals surface area contributed by atoms with Gasteiger partial charge in [-0.1, -0.05) is 47.6 Å². The number of nitrogens with one attached hydrogen (secondary N) is 2. The molecule has 0 bridgehead atoms. The monoisotopic (exact) mass is 334 g/mol. The number of aryl methyl sites for hydroxylation is 3. The van der Waals surface area contributed by atoms with Gasteiger partial charge in [-0.3, -0.25) is 0 Å². The van der Waals surface area contributed by atoms with E-state index >= 15 is 0 Å². The van der Waals surface area contributed by atoms with Crippen LogP contribution in [0.1, 0.15) is 46.6 Å². The maximum absolute atomic E-state index is 5.52. The van der Waals surface area contributed by atoms with Gasteiger partial charge in [-0.05, 0) is 49.4 Å². The number of aromatic nitrogens is 2. The highest BCUT2D eigenvalue weighted by atomic mass is 16.5. The standard InChI is InChI=1S/C20H22N4O/c1-12-8-9-15(10-14(12)3)17-11-18(23-22-17)20-21-19(24-25-20)16-7-5-4-6-13(16)2/h4-10,17-18,22-23H,11H2,1-3H3. The smallest absolute Gasteiger partial charge is 0.245 e. The van der Waals surface area contributed by atoms with Crippen molar-refractivity contribution in [2.24, 2.45) is 0 Å². The molecular formula is C20H22N4O. The van der Waals surface area contributed by atoms with Crippen molar-refractivity contribution >= 4 is 0 Å². The maximum atomic E-state index is 5.52. The molecule has 2 N–H and O–H groups in total. The highest BCUT2D eigenvalue weighted by Gasteiger charge is 2.30. The van der Waals surface area contributed by atoms with Gasteiger partial charge in [-0.2, -0.15) is 4.98 Å². The summed E-state index contributed by atoms with van der Waals surface area (Å²) >= 11 is 0. The summed E-state index contributed by atoms with van der Waals surface area (Å²) in [5.74, 6) is 1.27. The van der Waals surface area contributed by atoms with E-state index in [1.807, 2.05) is 18.2 Å². The molecule has 2 aromatic carbocycles. The Bertz CT molecular complexity index is 902. The molecule has 2 heterocycles. The second-order valence-electron chi connectivity index (χ2n) is 6.74. The highest BCUT2D eigenvalue weighted by molar-refractivity contribution is 5.59. The molecule has 0 saturated carbocycles. The summed E-state index contributed by atoms with van der Waals surface area (Å²) in [6, 6.07) is 14.9. The molecule has 1 aliphatic heterocycles. The molecular weight excluding hydrogens is 312 g/mol. The first-order chi connectivity index (χ1) is 12.1.